The van der Waals surface area contributed by atoms with E-state index in [1.807, 2.05) is 43.4 Å². The van der Waals surface area contributed by atoms with Crippen molar-refractivity contribution in [2.45, 2.75) is 18.4 Å². The third kappa shape index (κ3) is 1.44. The van der Waals surface area contributed by atoms with Crippen LogP contribution in [0.3, 0.4) is 0 Å². The average molecular weight is 214 g/mol. The maximum Gasteiger partial charge on any atom is 0.106 e. The summed E-state index contributed by atoms with van der Waals surface area (Å²) >= 11 is 0. The van der Waals surface area contributed by atoms with Crippen LogP contribution in [0.4, 0.5) is 0 Å². The van der Waals surface area contributed by atoms with Crippen LogP contribution in [-0.2, 0) is 12.6 Å². The van der Waals surface area contributed by atoms with Crippen LogP contribution in [0, 0.1) is 0 Å². The third-order valence-corrected chi connectivity index (χ3v) is 3.15. The van der Waals surface area contributed by atoms with Gasteiger partial charge in [-0.2, -0.15) is 5.10 Å². The smallest absolute Gasteiger partial charge is 0.106 e. The van der Waals surface area contributed by atoms with Gasteiger partial charge in [0.15, 0.2) is 0 Å². The van der Waals surface area contributed by atoms with Crippen LogP contribution in [-0.4, -0.2) is 14.9 Å². The summed E-state index contributed by atoms with van der Waals surface area (Å²) in [4.78, 5) is 0. The van der Waals surface area contributed by atoms with E-state index in [2.05, 4.69) is 5.10 Å². The summed E-state index contributed by atoms with van der Waals surface area (Å²) in [6, 6.07) is 12.0. The molecule has 3 heteroatoms. The summed E-state index contributed by atoms with van der Waals surface area (Å²) in [5.41, 5.74) is 2.33. The molecule has 1 fully saturated rings. The summed E-state index contributed by atoms with van der Waals surface area (Å²) in [5, 5.41) is 14.5. The Morgan fingerprint density at radius 2 is 1.94 bits per heavy atom. The molecule has 0 atom stereocenters. The standard InChI is InChI=1S/C13H14N2O/c1-15-12(13(16)7-8-13)9-11(14-15)10-5-3-2-4-6-10/h2-6,9,16H,7-8H2,1H3. The minimum Gasteiger partial charge on any atom is -0.384 e. The van der Waals surface area contributed by atoms with Crippen LogP contribution in [0.1, 0.15) is 18.5 Å². The molecule has 0 saturated heterocycles. The molecule has 1 aliphatic carbocycles. The Bertz CT molecular complexity index is 512. The normalized spacial score (nSPS) is 17.4. The highest BCUT2D eigenvalue weighted by atomic mass is 16.3. The topological polar surface area (TPSA) is 38.0 Å². The van der Waals surface area contributed by atoms with Gasteiger partial charge in [-0.1, -0.05) is 30.3 Å². The zero-order chi connectivity index (χ0) is 11.2. The summed E-state index contributed by atoms with van der Waals surface area (Å²) in [7, 11) is 1.89. The highest BCUT2D eigenvalue weighted by Gasteiger charge is 2.44. The van der Waals surface area contributed by atoms with E-state index in [1.165, 1.54) is 0 Å². The Balaban J connectivity index is 2.05. The molecule has 16 heavy (non-hydrogen) atoms. The van der Waals surface area contributed by atoms with E-state index in [-0.39, 0.29) is 0 Å². The van der Waals surface area contributed by atoms with Crippen molar-refractivity contribution >= 4 is 0 Å². The fourth-order valence-electron chi connectivity index (χ4n) is 2.03. The van der Waals surface area contributed by atoms with Crippen LogP contribution in [0.15, 0.2) is 36.4 Å². The van der Waals surface area contributed by atoms with Gasteiger partial charge in [-0.3, -0.25) is 4.68 Å². The number of hydrogen-bond donors (Lipinski definition) is 1. The van der Waals surface area contributed by atoms with Crippen molar-refractivity contribution in [2.24, 2.45) is 7.05 Å². The summed E-state index contributed by atoms with van der Waals surface area (Å²) < 4.78 is 1.79. The fourth-order valence-corrected chi connectivity index (χ4v) is 2.03. The molecule has 0 spiro atoms. The Hall–Kier alpha value is -1.61. The third-order valence-electron chi connectivity index (χ3n) is 3.15. The molecule has 1 heterocycles. The largest absolute Gasteiger partial charge is 0.384 e. The summed E-state index contributed by atoms with van der Waals surface area (Å²) in [6.45, 7) is 0. The maximum atomic E-state index is 10.1. The van der Waals surface area contributed by atoms with Gasteiger partial charge >= 0.3 is 0 Å². The maximum absolute atomic E-state index is 10.1. The minimum absolute atomic E-state index is 0.616. The molecule has 3 rings (SSSR count). The molecule has 2 aromatic rings. The summed E-state index contributed by atoms with van der Waals surface area (Å²) in [6.07, 6.45) is 1.70. The predicted molar refractivity (Wildman–Crippen MR) is 61.8 cm³/mol. The van der Waals surface area contributed by atoms with Gasteiger partial charge < -0.3 is 5.11 Å². The van der Waals surface area contributed by atoms with Crippen molar-refractivity contribution in [1.29, 1.82) is 0 Å². The van der Waals surface area contributed by atoms with Gasteiger partial charge in [-0.15, -0.1) is 0 Å². The van der Waals surface area contributed by atoms with Crippen molar-refractivity contribution in [1.82, 2.24) is 9.78 Å². The number of rotatable bonds is 2. The van der Waals surface area contributed by atoms with Crippen molar-refractivity contribution in [3.05, 3.63) is 42.1 Å². The Morgan fingerprint density at radius 1 is 1.25 bits per heavy atom. The lowest BCUT2D eigenvalue weighted by atomic mass is 10.1. The molecule has 1 aliphatic rings. The summed E-state index contributed by atoms with van der Waals surface area (Å²) in [5.74, 6) is 0. The van der Waals surface area contributed by atoms with Gasteiger partial charge in [0.25, 0.3) is 0 Å². The molecule has 3 nitrogen and oxygen atoms in total. The monoisotopic (exact) mass is 214 g/mol. The van der Waals surface area contributed by atoms with E-state index in [1.54, 1.807) is 4.68 Å². The van der Waals surface area contributed by atoms with Crippen molar-refractivity contribution in [2.75, 3.05) is 0 Å². The Labute approximate surface area is 94.3 Å². The number of benzene rings is 1. The van der Waals surface area contributed by atoms with Crippen molar-refractivity contribution in [3.63, 3.8) is 0 Å². The predicted octanol–water partition coefficient (Wildman–Crippen LogP) is 2.07. The molecular formula is C13H14N2O. The van der Waals surface area contributed by atoms with E-state index in [0.717, 1.165) is 29.8 Å². The molecule has 1 saturated carbocycles. The van der Waals surface area contributed by atoms with E-state index < -0.39 is 5.60 Å². The van der Waals surface area contributed by atoms with Crippen molar-refractivity contribution in [3.8, 4) is 11.3 Å². The first kappa shape index (κ1) is 9.60. The molecule has 0 aliphatic heterocycles. The highest BCUT2D eigenvalue weighted by Crippen LogP contribution is 2.45. The minimum atomic E-state index is -0.616. The number of aromatic nitrogens is 2. The van der Waals surface area contributed by atoms with Gasteiger partial charge in [-0.05, 0) is 18.9 Å². The molecule has 82 valence electrons. The first-order valence-corrected chi connectivity index (χ1v) is 5.51. The van der Waals surface area contributed by atoms with Gasteiger partial charge in [-0.25, -0.2) is 0 Å². The average Bonchev–Trinajstić information content (AvgIpc) is 2.91. The molecule has 0 radical (unpaired) electrons. The van der Waals surface area contributed by atoms with Crippen LogP contribution < -0.4 is 0 Å². The Morgan fingerprint density at radius 3 is 2.56 bits per heavy atom. The van der Waals surface area contributed by atoms with Crippen molar-refractivity contribution < 1.29 is 5.11 Å². The van der Waals surface area contributed by atoms with Gasteiger partial charge in [0, 0.05) is 12.6 Å². The Kier molecular flexibility index (Phi) is 1.91. The number of aliphatic hydroxyl groups is 1. The molecule has 0 amide bonds. The second-order valence-electron chi connectivity index (χ2n) is 4.44. The first-order valence-electron chi connectivity index (χ1n) is 5.51. The first-order chi connectivity index (χ1) is 7.69. The lowest BCUT2D eigenvalue weighted by molar-refractivity contribution is 0.141. The van der Waals surface area contributed by atoms with Gasteiger partial charge in [0.2, 0.25) is 0 Å². The number of aryl methyl sites for hydroxylation is 1. The molecule has 0 unspecified atom stereocenters. The SMILES string of the molecule is Cn1nc(-c2ccccc2)cc1C1(O)CC1. The van der Waals surface area contributed by atoms with Crippen LogP contribution in [0.25, 0.3) is 11.3 Å². The van der Waals surface area contributed by atoms with Gasteiger partial charge in [0.05, 0.1) is 11.4 Å². The zero-order valence-corrected chi connectivity index (χ0v) is 9.22. The molecular weight excluding hydrogens is 200 g/mol. The molecule has 0 bridgehead atoms. The fraction of sp³-hybridized carbons (Fsp3) is 0.308. The van der Waals surface area contributed by atoms with Crippen LogP contribution >= 0.6 is 0 Å². The zero-order valence-electron chi connectivity index (χ0n) is 9.22. The highest BCUT2D eigenvalue weighted by molar-refractivity contribution is 5.59. The van der Waals surface area contributed by atoms with E-state index in [4.69, 9.17) is 0 Å². The van der Waals surface area contributed by atoms with E-state index >= 15 is 0 Å². The quantitative estimate of drug-likeness (QED) is 0.831. The molecule has 1 N–H and O–H groups in total. The van der Waals surface area contributed by atoms with E-state index in [9.17, 15) is 5.11 Å². The van der Waals surface area contributed by atoms with Crippen LogP contribution in [0.2, 0.25) is 0 Å². The second kappa shape index (κ2) is 3.19. The van der Waals surface area contributed by atoms with E-state index in [0.29, 0.717) is 0 Å². The second-order valence-corrected chi connectivity index (χ2v) is 4.44. The van der Waals surface area contributed by atoms with Gasteiger partial charge in [0.1, 0.15) is 5.60 Å². The lowest BCUT2D eigenvalue weighted by Crippen LogP contribution is -2.10. The van der Waals surface area contributed by atoms with Crippen LogP contribution in [0.5, 0.6) is 0 Å². The number of nitrogens with zero attached hydrogens (tertiary/aromatic N) is 2. The molecule has 1 aromatic heterocycles. The molecule has 1 aromatic carbocycles. The number of hydrogen-bond acceptors (Lipinski definition) is 2. The lowest BCUT2D eigenvalue weighted by Gasteiger charge is -2.06.